The van der Waals surface area contributed by atoms with Crippen LogP contribution in [0.25, 0.3) is 11.3 Å². The third-order valence-corrected chi connectivity index (χ3v) is 2.45. The molecule has 0 amide bonds. The minimum Gasteiger partial charge on any atom is -0.496 e. The van der Waals surface area contributed by atoms with Crippen molar-refractivity contribution in [3.63, 3.8) is 0 Å². The van der Waals surface area contributed by atoms with E-state index in [2.05, 4.69) is 5.16 Å². The van der Waals surface area contributed by atoms with Gasteiger partial charge in [0.2, 0.25) is 0 Å². The van der Waals surface area contributed by atoms with Gasteiger partial charge < -0.3 is 14.4 Å². The number of carboxylic acid groups (broad SMARTS) is 1. The molecule has 1 aromatic carbocycles. The third-order valence-electron chi connectivity index (χ3n) is 2.45. The molecule has 0 unspecified atom stereocenters. The van der Waals surface area contributed by atoms with Crippen LogP contribution in [-0.4, -0.2) is 23.3 Å². The fraction of sp³-hybridized carbons (Fsp3) is 0.167. The van der Waals surface area contributed by atoms with Gasteiger partial charge >= 0.3 is 5.97 Å². The molecule has 1 aromatic heterocycles. The molecule has 0 saturated heterocycles. The lowest BCUT2D eigenvalue weighted by Gasteiger charge is -2.08. The molecule has 18 heavy (non-hydrogen) atoms. The van der Waals surface area contributed by atoms with Crippen molar-refractivity contribution in [2.45, 2.75) is 6.67 Å². The van der Waals surface area contributed by atoms with Gasteiger partial charge in [-0.15, -0.1) is 0 Å². The molecule has 1 N–H and O–H groups in total. The highest BCUT2D eigenvalue weighted by Gasteiger charge is 2.18. The van der Waals surface area contributed by atoms with E-state index in [4.69, 9.17) is 14.4 Å². The van der Waals surface area contributed by atoms with Crippen LogP contribution in [0, 0.1) is 0 Å². The zero-order chi connectivity index (χ0) is 13.1. The Morgan fingerprint density at radius 3 is 2.89 bits per heavy atom. The quantitative estimate of drug-likeness (QED) is 0.903. The Bertz CT molecular complexity index is 557. The first-order valence-corrected chi connectivity index (χ1v) is 5.09. The Labute approximate surface area is 102 Å². The van der Waals surface area contributed by atoms with Gasteiger partial charge in [0.05, 0.1) is 12.7 Å². The van der Waals surface area contributed by atoms with Crippen LogP contribution in [0.1, 0.15) is 16.1 Å². The number of nitrogens with zero attached hydrogens (tertiary/aromatic N) is 1. The van der Waals surface area contributed by atoms with Crippen molar-refractivity contribution in [1.29, 1.82) is 0 Å². The molecular weight excluding hydrogens is 241 g/mol. The molecule has 1 heterocycles. The minimum atomic E-state index is -1.21. The Kier molecular flexibility index (Phi) is 3.27. The standard InChI is InChI=1S/C12H10FNO4/c1-17-9-4-2-3-7(6-13)11(9)10-5-8(12(15)16)14-18-10/h2-5H,6H2,1H3,(H,15,16). The van der Waals surface area contributed by atoms with Gasteiger partial charge in [0.1, 0.15) is 12.4 Å². The normalized spacial score (nSPS) is 10.3. The number of hydrogen-bond donors (Lipinski definition) is 1. The highest BCUT2D eigenvalue weighted by molar-refractivity contribution is 5.87. The Hall–Kier alpha value is -2.37. The van der Waals surface area contributed by atoms with Crippen molar-refractivity contribution < 1.29 is 23.6 Å². The van der Waals surface area contributed by atoms with E-state index in [1.165, 1.54) is 13.2 Å². The van der Waals surface area contributed by atoms with Crippen LogP contribution in [-0.2, 0) is 6.67 Å². The first kappa shape index (κ1) is 12.1. The number of aromatic nitrogens is 1. The van der Waals surface area contributed by atoms with E-state index in [0.29, 0.717) is 16.9 Å². The number of methoxy groups -OCH3 is 1. The van der Waals surface area contributed by atoms with Crippen LogP contribution in [0.4, 0.5) is 4.39 Å². The molecule has 2 rings (SSSR count). The summed E-state index contributed by atoms with van der Waals surface area (Å²) in [6.45, 7) is -0.713. The van der Waals surface area contributed by atoms with Gasteiger partial charge in [0.15, 0.2) is 11.5 Å². The number of carbonyl (C=O) groups is 1. The number of benzene rings is 1. The molecule has 0 atom stereocenters. The van der Waals surface area contributed by atoms with Crippen molar-refractivity contribution in [2.75, 3.05) is 7.11 Å². The first-order chi connectivity index (χ1) is 8.67. The molecule has 94 valence electrons. The Morgan fingerprint density at radius 2 is 2.33 bits per heavy atom. The van der Waals surface area contributed by atoms with Crippen LogP contribution in [0.3, 0.4) is 0 Å². The average Bonchev–Trinajstić information content (AvgIpc) is 2.87. The molecule has 0 saturated carbocycles. The van der Waals surface area contributed by atoms with Gasteiger partial charge in [-0.1, -0.05) is 17.3 Å². The van der Waals surface area contributed by atoms with E-state index >= 15 is 0 Å². The Morgan fingerprint density at radius 1 is 1.56 bits per heavy atom. The molecule has 0 spiro atoms. The van der Waals surface area contributed by atoms with E-state index in [1.54, 1.807) is 18.2 Å². The highest BCUT2D eigenvalue weighted by atomic mass is 19.1. The molecule has 6 heteroatoms. The Balaban J connectivity index is 2.57. The van der Waals surface area contributed by atoms with Gasteiger partial charge in [0, 0.05) is 6.07 Å². The van der Waals surface area contributed by atoms with E-state index < -0.39 is 12.6 Å². The SMILES string of the molecule is COc1cccc(CF)c1-c1cc(C(=O)O)no1. The maximum atomic E-state index is 12.9. The molecule has 2 aromatic rings. The van der Waals surface area contributed by atoms with Crippen molar-refractivity contribution >= 4 is 5.97 Å². The largest absolute Gasteiger partial charge is 0.496 e. The lowest BCUT2D eigenvalue weighted by molar-refractivity contribution is 0.0686. The summed E-state index contributed by atoms with van der Waals surface area (Å²) in [7, 11) is 1.44. The van der Waals surface area contributed by atoms with Gasteiger partial charge in [0.25, 0.3) is 0 Å². The van der Waals surface area contributed by atoms with Gasteiger partial charge in [-0.25, -0.2) is 9.18 Å². The van der Waals surface area contributed by atoms with Gasteiger partial charge in [-0.3, -0.25) is 0 Å². The summed E-state index contributed by atoms with van der Waals surface area (Å²) < 4.78 is 22.9. The topological polar surface area (TPSA) is 72.6 Å². The van der Waals surface area contributed by atoms with Crippen LogP contribution in [0.15, 0.2) is 28.8 Å². The molecule has 0 bridgehead atoms. The van der Waals surface area contributed by atoms with Crippen LogP contribution in [0.2, 0.25) is 0 Å². The van der Waals surface area contributed by atoms with Crippen molar-refractivity contribution in [1.82, 2.24) is 5.16 Å². The molecular formula is C12H10FNO4. The van der Waals surface area contributed by atoms with E-state index in [1.807, 2.05) is 0 Å². The molecule has 5 nitrogen and oxygen atoms in total. The second-order valence-corrected chi connectivity index (χ2v) is 3.51. The van der Waals surface area contributed by atoms with Crippen molar-refractivity contribution in [2.24, 2.45) is 0 Å². The maximum absolute atomic E-state index is 12.9. The van der Waals surface area contributed by atoms with E-state index in [-0.39, 0.29) is 11.5 Å². The highest BCUT2D eigenvalue weighted by Crippen LogP contribution is 2.34. The number of aromatic carboxylic acids is 1. The number of rotatable bonds is 4. The summed E-state index contributed by atoms with van der Waals surface area (Å²) in [5.41, 5.74) is 0.491. The molecule has 0 fully saturated rings. The number of ether oxygens (including phenoxy) is 1. The monoisotopic (exact) mass is 251 g/mol. The number of halogens is 1. The smallest absolute Gasteiger partial charge is 0.358 e. The predicted molar refractivity (Wildman–Crippen MR) is 60.3 cm³/mol. The summed E-state index contributed by atoms with van der Waals surface area (Å²) in [6, 6.07) is 6.09. The van der Waals surface area contributed by atoms with Gasteiger partial charge in [-0.2, -0.15) is 0 Å². The van der Waals surface area contributed by atoms with Crippen molar-refractivity contribution in [3.05, 3.63) is 35.5 Å². The summed E-state index contributed by atoms with van der Waals surface area (Å²) in [6.07, 6.45) is 0. The summed E-state index contributed by atoms with van der Waals surface area (Å²) in [5, 5.41) is 12.2. The number of hydrogen-bond acceptors (Lipinski definition) is 4. The number of alkyl halides is 1. The number of carboxylic acids is 1. The fourth-order valence-electron chi connectivity index (χ4n) is 1.63. The van der Waals surface area contributed by atoms with E-state index in [0.717, 1.165) is 0 Å². The van der Waals surface area contributed by atoms with Gasteiger partial charge in [-0.05, 0) is 11.6 Å². The molecule has 0 aliphatic heterocycles. The lowest BCUT2D eigenvalue weighted by Crippen LogP contribution is -1.95. The predicted octanol–water partition coefficient (Wildman–Crippen LogP) is 2.52. The second kappa shape index (κ2) is 4.87. The zero-order valence-corrected chi connectivity index (χ0v) is 9.51. The fourth-order valence-corrected chi connectivity index (χ4v) is 1.63. The van der Waals surface area contributed by atoms with Crippen LogP contribution in [0.5, 0.6) is 5.75 Å². The first-order valence-electron chi connectivity index (χ1n) is 5.09. The van der Waals surface area contributed by atoms with Crippen LogP contribution >= 0.6 is 0 Å². The third kappa shape index (κ3) is 2.04. The minimum absolute atomic E-state index is 0.164. The molecule has 0 radical (unpaired) electrons. The van der Waals surface area contributed by atoms with E-state index in [9.17, 15) is 9.18 Å². The zero-order valence-electron chi connectivity index (χ0n) is 9.51. The molecule has 0 aliphatic rings. The maximum Gasteiger partial charge on any atom is 0.358 e. The summed E-state index contributed by atoms with van der Waals surface area (Å²) in [4.78, 5) is 10.7. The van der Waals surface area contributed by atoms with Crippen LogP contribution < -0.4 is 4.74 Å². The summed E-state index contributed by atoms with van der Waals surface area (Å²) >= 11 is 0. The second-order valence-electron chi connectivity index (χ2n) is 3.51. The van der Waals surface area contributed by atoms with Crippen molar-refractivity contribution in [3.8, 4) is 17.1 Å². The average molecular weight is 251 g/mol. The lowest BCUT2D eigenvalue weighted by atomic mass is 10.0. The summed E-state index contributed by atoms with van der Waals surface area (Å²) in [5.74, 6) is -0.641. The molecule has 0 aliphatic carbocycles.